The lowest BCUT2D eigenvalue weighted by Gasteiger charge is -2.00. The summed E-state index contributed by atoms with van der Waals surface area (Å²) in [5.74, 6) is 0. The molecule has 0 atom stereocenters. The lowest BCUT2D eigenvalue weighted by atomic mass is 10.1. The highest BCUT2D eigenvalue weighted by molar-refractivity contribution is 4.54. The molecule has 0 aliphatic carbocycles. The quantitative estimate of drug-likeness (QED) is 0.553. The molecule has 1 aliphatic rings. The summed E-state index contributed by atoms with van der Waals surface area (Å²) >= 11 is 0. The monoisotopic (exact) mass is 299 g/mol. The van der Waals surface area contributed by atoms with Gasteiger partial charge >= 0.3 is 0 Å². The first-order valence-corrected chi connectivity index (χ1v) is 9.58. The minimum Gasteiger partial charge on any atom is -0.317 e. The Labute approximate surface area is 134 Å². The van der Waals surface area contributed by atoms with E-state index in [9.17, 15) is 0 Å². The van der Waals surface area contributed by atoms with Crippen LogP contribution in [0.5, 0.6) is 0 Å². The predicted octanol–water partition coefficient (Wildman–Crippen LogP) is 4.39. The number of hydrogen-bond acceptors (Lipinski definition) is 3. The second-order valence-electron chi connectivity index (χ2n) is 6.14. The van der Waals surface area contributed by atoms with Crippen molar-refractivity contribution in [2.45, 2.75) is 90.9 Å². The first-order chi connectivity index (χ1) is 10.4. The molecule has 3 heteroatoms. The molecular weight excluding hydrogens is 258 g/mol. The zero-order valence-corrected chi connectivity index (χ0v) is 14.8. The summed E-state index contributed by atoms with van der Waals surface area (Å²) in [5, 5.41) is 3.35. The normalized spacial score (nSPS) is 16.3. The molecule has 0 aromatic carbocycles. The summed E-state index contributed by atoms with van der Waals surface area (Å²) in [6, 6.07) is 0. The SMILES string of the molecule is C1CNCCCNNC1.CCCCCCCCCCCC. The van der Waals surface area contributed by atoms with E-state index in [1.807, 2.05) is 0 Å². The van der Waals surface area contributed by atoms with Gasteiger partial charge in [-0.2, -0.15) is 0 Å². The maximum Gasteiger partial charge on any atom is 0.0112 e. The number of hydrogen-bond donors (Lipinski definition) is 3. The van der Waals surface area contributed by atoms with Crippen molar-refractivity contribution in [3.05, 3.63) is 0 Å². The number of hydrazine groups is 1. The molecule has 0 amide bonds. The van der Waals surface area contributed by atoms with Crippen molar-refractivity contribution >= 4 is 0 Å². The van der Waals surface area contributed by atoms with Crippen LogP contribution in [-0.4, -0.2) is 26.2 Å². The van der Waals surface area contributed by atoms with Gasteiger partial charge in [-0.3, -0.25) is 10.9 Å². The summed E-state index contributed by atoms with van der Waals surface area (Å²) in [7, 11) is 0. The first kappa shape index (κ1) is 20.9. The Morgan fingerprint density at radius 2 is 0.905 bits per heavy atom. The third-order valence-corrected chi connectivity index (χ3v) is 3.89. The van der Waals surface area contributed by atoms with Crippen molar-refractivity contribution in [3.63, 3.8) is 0 Å². The van der Waals surface area contributed by atoms with Gasteiger partial charge in [0.2, 0.25) is 0 Å². The Morgan fingerprint density at radius 3 is 1.29 bits per heavy atom. The third kappa shape index (κ3) is 19.9. The first-order valence-electron chi connectivity index (χ1n) is 9.58. The van der Waals surface area contributed by atoms with E-state index in [0.717, 1.165) is 26.2 Å². The Kier molecular flexibility index (Phi) is 19.8. The van der Waals surface area contributed by atoms with Crippen molar-refractivity contribution < 1.29 is 0 Å². The van der Waals surface area contributed by atoms with E-state index in [1.165, 1.54) is 77.0 Å². The highest BCUT2D eigenvalue weighted by Crippen LogP contribution is 2.09. The van der Waals surface area contributed by atoms with Crippen LogP contribution in [-0.2, 0) is 0 Å². The van der Waals surface area contributed by atoms with Crippen LogP contribution in [0.25, 0.3) is 0 Å². The summed E-state index contributed by atoms with van der Waals surface area (Å²) in [5.41, 5.74) is 6.27. The van der Waals surface area contributed by atoms with Gasteiger partial charge in [-0.15, -0.1) is 0 Å². The van der Waals surface area contributed by atoms with Crippen LogP contribution < -0.4 is 16.2 Å². The Morgan fingerprint density at radius 1 is 0.524 bits per heavy atom. The van der Waals surface area contributed by atoms with Gasteiger partial charge in [0.05, 0.1) is 0 Å². The smallest absolute Gasteiger partial charge is 0.0112 e. The molecule has 0 aromatic rings. The molecule has 1 saturated heterocycles. The predicted molar refractivity (Wildman–Crippen MR) is 95.6 cm³/mol. The van der Waals surface area contributed by atoms with Crippen LogP contribution >= 0.6 is 0 Å². The van der Waals surface area contributed by atoms with E-state index in [2.05, 4.69) is 30.0 Å². The molecule has 1 aliphatic heterocycles. The third-order valence-electron chi connectivity index (χ3n) is 3.89. The van der Waals surface area contributed by atoms with Crippen molar-refractivity contribution in [1.82, 2.24) is 16.2 Å². The molecule has 1 fully saturated rings. The van der Waals surface area contributed by atoms with Gasteiger partial charge < -0.3 is 5.32 Å². The Hall–Kier alpha value is -0.120. The summed E-state index contributed by atoms with van der Waals surface area (Å²) in [6.07, 6.45) is 16.9. The van der Waals surface area contributed by atoms with Gasteiger partial charge in [0.1, 0.15) is 0 Å². The molecule has 0 saturated carbocycles. The Balaban J connectivity index is 0.000000394. The highest BCUT2D eigenvalue weighted by Gasteiger charge is 1.92. The van der Waals surface area contributed by atoms with Crippen molar-refractivity contribution in [2.75, 3.05) is 26.2 Å². The maximum absolute atomic E-state index is 3.35. The zero-order valence-electron chi connectivity index (χ0n) is 14.8. The van der Waals surface area contributed by atoms with Crippen LogP contribution in [0.1, 0.15) is 90.9 Å². The van der Waals surface area contributed by atoms with Crippen LogP contribution in [0, 0.1) is 0 Å². The molecule has 3 N–H and O–H groups in total. The molecule has 0 radical (unpaired) electrons. The molecule has 0 spiro atoms. The van der Waals surface area contributed by atoms with Gasteiger partial charge in [-0.05, 0) is 25.9 Å². The van der Waals surface area contributed by atoms with Crippen LogP contribution in [0.2, 0.25) is 0 Å². The lowest BCUT2D eigenvalue weighted by molar-refractivity contribution is 0.534. The second-order valence-corrected chi connectivity index (χ2v) is 6.14. The maximum atomic E-state index is 3.35. The van der Waals surface area contributed by atoms with Gasteiger partial charge in [-0.1, -0.05) is 78.1 Å². The largest absolute Gasteiger partial charge is 0.317 e. The van der Waals surface area contributed by atoms with E-state index >= 15 is 0 Å². The number of rotatable bonds is 9. The Bertz CT molecular complexity index is 135. The topological polar surface area (TPSA) is 36.1 Å². The van der Waals surface area contributed by atoms with Crippen LogP contribution in [0.15, 0.2) is 0 Å². The number of nitrogens with one attached hydrogen (secondary N) is 3. The minimum absolute atomic E-state index is 1.08. The van der Waals surface area contributed by atoms with Crippen molar-refractivity contribution in [2.24, 2.45) is 0 Å². The van der Waals surface area contributed by atoms with Gasteiger partial charge in [0.25, 0.3) is 0 Å². The summed E-state index contributed by atoms with van der Waals surface area (Å²) in [6.45, 7) is 9.01. The van der Waals surface area contributed by atoms with Crippen molar-refractivity contribution in [1.29, 1.82) is 0 Å². The standard InChI is InChI=1S/C12H26.C6H15N3/c1-3-5-7-9-11-12-10-8-6-4-2;1-3-7-4-2-6-9-8-5-1/h3-12H2,1-2H3;7-9H,1-6H2. The highest BCUT2D eigenvalue weighted by atomic mass is 15.3. The molecule has 1 rings (SSSR count). The van der Waals surface area contributed by atoms with E-state index in [1.54, 1.807) is 0 Å². The lowest BCUT2D eigenvalue weighted by Crippen LogP contribution is -2.33. The zero-order chi connectivity index (χ0) is 15.4. The van der Waals surface area contributed by atoms with E-state index < -0.39 is 0 Å². The van der Waals surface area contributed by atoms with Gasteiger partial charge in [0.15, 0.2) is 0 Å². The fourth-order valence-corrected chi connectivity index (χ4v) is 2.47. The molecule has 3 nitrogen and oxygen atoms in total. The second kappa shape index (κ2) is 19.9. The molecule has 0 unspecified atom stereocenters. The molecule has 128 valence electrons. The van der Waals surface area contributed by atoms with Crippen LogP contribution in [0.4, 0.5) is 0 Å². The summed E-state index contributed by atoms with van der Waals surface area (Å²) < 4.78 is 0. The van der Waals surface area contributed by atoms with E-state index in [0.29, 0.717) is 0 Å². The average Bonchev–Trinajstić information content (AvgIpc) is 2.66. The van der Waals surface area contributed by atoms with E-state index in [-0.39, 0.29) is 0 Å². The van der Waals surface area contributed by atoms with E-state index in [4.69, 9.17) is 0 Å². The van der Waals surface area contributed by atoms with Gasteiger partial charge in [-0.25, -0.2) is 0 Å². The molecule has 21 heavy (non-hydrogen) atoms. The van der Waals surface area contributed by atoms with Crippen LogP contribution in [0.3, 0.4) is 0 Å². The molecule has 1 heterocycles. The fraction of sp³-hybridized carbons (Fsp3) is 1.00. The fourth-order valence-electron chi connectivity index (χ4n) is 2.47. The minimum atomic E-state index is 1.08. The van der Waals surface area contributed by atoms with Gasteiger partial charge in [0, 0.05) is 13.1 Å². The molecule has 0 bridgehead atoms. The average molecular weight is 300 g/mol. The number of unbranched alkanes of at least 4 members (excludes halogenated alkanes) is 9. The molecular formula is C18H41N3. The summed E-state index contributed by atoms with van der Waals surface area (Å²) in [4.78, 5) is 0. The van der Waals surface area contributed by atoms with Crippen molar-refractivity contribution in [3.8, 4) is 0 Å². The molecule has 0 aromatic heterocycles.